The van der Waals surface area contributed by atoms with Crippen LogP contribution in [0.1, 0.15) is 39.2 Å². The van der Waals surface area contributed by atoms with Gasteiger partial charge in [-0.25, -0.2) is 9.59 Å². The number of hydrogen-bond donors (Lipinski definition) is 1. The van der Waals surface area contributed by atoms with Gasteiger partial charge in [0.1, 0.15) is 0 Å². The van der Waals surface area contributed by atoms with Crippen molar-refractivity contribution in [3.8, 4) is 11.1 Å². The molecule has 6 heteroatoms. The minimum Gasteiger partial charge on any atom is -0.478 e. The number of methoxy groups -OCH3 is 1. The van der Waals surface area contributed by atoms with E-state index in [0.29, 0.717) is 11.1 Å². The van der Waals surface area contributed by atoms with Crippen molar-refractivity contribution in [3.05, 3.63) is 59.2 Å². The Labute approximate surface area is 158 Å². The highest BCUT2D eigenvalue weighted by atomic mass is 16.5. The van der Waals surface area contributed by atoms with E-state index in [1.54, 1.807) is 0 Å². The number of carboxylic acid groups (broad SMARTS) is 1. The van der Waals surface area contributed by atoms with Crippen LogP contribution in [-0.2, 0) is 9.47 Å². The summed E-state index contributed by atoms with van der Waals surface area (Å²) in [5.41, 5.74) is 2.96. The molecule has 1 saturated heterocycles. The van der Waals surface area contributed by atoms with Crippen LogP contribution in [0.3, 0.4) is 0 Å². The smallest absolute Gasteiger partial charge is 0.338 e. The van der Waals surface area contributed by atoms with Crippen LogP contribution in [0.4, 0.5) is 0 Å². The molecule has 1 aliphatic heterocycles. The maximum absolute atomic E-state index is 12.1. The normalized spacial score (nSPS) is 15.9. The Hall–Kier alpha value is -2.70. The Morgan fingerprint density at radius 3 is 2.37 bits per heavy atom. The molecular weight excluding hydrogens is 346 g/mol. The van der Waals surface area contributed by atoms with E-state index in [-0.39, 0.29) is 11.6 Å². The van der Waals surface area contributed by atoms with E-state index in [1.807, 2.05) is 24.3 Å². The van der Waals surface area contributed by atoms with Crippen molar-refractivity contribution in [2.75, 3.05) is 33.4 Å². The van der Waals surface area contributed by atoms with Crippen LogP contribution in [0.2, 0.25) is 0 Å². The van der Waals surface area contributed by atoms with Gasteiger partial charge in [0.05, 0.1) is 31.5 Å². The molecule has 6 nitrogen and oxygen atoms in total. The van der Waals surface area contributed by atoms with Crippen LogP contribution in [0, 0.1) is 0 Å². The van der Waals surface area contributed by atoms with Crippen molar-refractivity contribution in [3.63, 3.8) is 0 Å². The number of carboxylic acids is 1. The van der Waals surface area contributed by atoms with Gasteiger partial charge in [0.15, 0.2) is 0 Å². The van der Waals surface area contributed by atoms with Gasteiger partial charge in [0.25, 0.3) is 0 Å². The second kappa shape index (κ2) is 8.33. The molecule has 1 fully saturated rings. The van der Waals surface area contributed by atoms with Gasteiger partial charge in [-0.2, -0.15) is 0 Å². The van der Waals surface area contributed by atoms with Gasteiger partial charge in [-0.1, -0.05) is 24.3 Å². The lowest BCUT2D eigenvalue weighted by Gasteiger charge is -2.32. The van der Waals surface area contributed by atoms with Crippen LogP contribution >= 0.6 is 0 Å². The second-order valence-corrected chi connectivity index (χ2v) is 6.50. The summed E-state index contributed by atoms with van der Waals surface area (Å²) in [4.78, 5) is 25.8. The minimum atomic E-state index is -1.04. The summed E-state index contributed by atoms with van der Waals surface area (Å²) >= 11 is 0. The summed E-state index contributed by atoms with van der Waals surface area (Å²) in [5, 5.41) is 9.27. The molecule has 0 amide bonds. The predicted molar refractivity (Wildman–Crippen MR) is 101 cm³/mol. The number of hydrogen-bond acceptors (Lipinski definition) is 5. The number of carbonyl (C=O) groups excluding carboxylic acids is 1. The monoisotopic (exact) mass is 369 g/mol. The third-order valence-corrected chi connectivity index (χ3v) is 4.97. The Balaban J connectivity index is 1.92. The van der Waals surface area contributed by atoms with Gasteiger partial charge in [-0.3, -0.25) is 4.90 Å². The fourth-order valence-electron chi connectivity index (χ4n) is 3.32. The number of morpholine rings is 1. The van der Waals surface area contributed by atoms with Crippen molar-refractivity contribution < 1.29 is 24.2 Å². The second-order valence-electron chi connectivity index (χ2n) is 6.50. The van der Waals surface area contributed by atoms with Crippen molar-refractivity contribution in [1.82, 2.24) is 4.90 Å². The standard InChI is InChI=1S/C21H23NO5/c1-14(22-9-11-27-12-10-22)15-3-5-16(6-4-15)19-13-17(20(23)24)7-8-18(19)21(25)26-2/h3-8,13-14H,9-12H2,1-2H3,(H,23,24)/t14-/m1/s1. The van der Waals surface area contributed by atoms with Crippen LogP contribution in [0.15, 0.2) is 42.5 Å². The number of nitrogens with zero attached hydrogens (tertiary/aromatic N) is 1. The molecule has 0 radical (unpaired) electrons. The number of benzene rings is 2. The van der Waals surface area contributed by atoms with Gasteiger partial charge in [-0.05, 0) is 41.8 Å². The summed E-state index contributed by atoms with van der Waals surface area (Å²) < 4.78 is 10.2. The molecule has 0 bridgehead atoms. The third kappa shape index (κ3) is 4.18. The molecule has 0 aliphatic carbocycles. The molecule has 1 N–H and O–H groups in total. The average Bonchev–Trinajstić information content (AvgIpc) is 2.73. The van der Waals surface area contributed by atoms with Gasteiger partial charge in [-0.15, -0.1) is 0 Å². The van der Waals surface area contributed by atoms with Crippen molar-refractivity contribution in [2.45, 2.75) is 13.0 Å². The first kappa shape index (κ1) is 19.1. The maximum Gasteiger partial charge on any atom is 0.338 e. The molecule has 142 valence electrons. The van der Waals surface area contributed by atoms with E-state index in [2.05, 4.69) is 11.8 Å². The quantitative estimate of drug-likeness (QED) is 0.816. The summed E-state index contributed by atoms with van der Waals surface area (Å²) in [6.45, 7) is 5.44. The minimum absolute atomic E-state index is 0.128. The number of ether oxygens (including phenoxy) is 2. The van der Waals surface area contributed by atoms with Crippen LogP contribution < -0.4 is 0 Å². The zero-order valence-electron chi connectivity index (χ0n) is 15.5. The molecule has 2 aromatic rings. The highest BCUT2D eigenvalue weighted by Gasteiger charge is 2.20. The summed E-state index contributed by atoms with van der Waals surface area (Å²) in [6.07, 6.45) is 0. The fraction of sp³-hybridized carbons (Fsp3) is 0.333. The zero-order chi connectivity index (χ0) is 19.4. The van der Waals surface area contributed by atoms with Gasteiger partial charge in [0.2, 0.25) is 0 Å². The summed E-state index contributed by atoms with van der Waals surface area (Å²) in [5.74, 6) is -1.53. The number of esters is 1. The van der Waals surface area contributed by atoms with Gasteiger partial charge < -0.3 is 14.6 Å². The van der Waals surface area contributed by atoms with Crippen LogP contribution in [0.5, 0.6) is 0 Å². The van der Waals surface area contributed by atoms with Crippen LogP contribution in [-0.4, -0.2) is 55.4 Å². The summed E-state index contributed by atoms with van der Waals surface area (Å²) in [7, 11) is 1.31. The SMILES string of the molecule is COC(=O)c1ccc(C(=O)O)cc1-c1ccc([C@@H](C)N2CCOCC2)cc1. The number of aromatic carboxylic acids is 1. The molecule has 1 heterocycles. The van der Waals surface area contributed by atoms with E-state index in [1.165, 1.54) is 25.3 Å². The summed E-state index contributed by atoms with van der Waals surface area (Å²) in [6, 6.07) is 12.5. The lowest BCUT2D eigenvalue weighted by atomic mass is 9.95. The largest absolute Gasteiger partial charge is 0.478 e. The molecule has 27 heavy (non-hydrogen) atoms. The Morgan fingerprint density at radius 2 is 1.78 bits per heavy atom. The molecule has 0 aromatic heterocycles. The Kier molecular flexibility index (Phi) is 5.88. The highest BCUT2D eigenvalue weighted by molar-refractivity contribution is 6.00. The Bertz CT molecular complexity index is 825. The average molecular weight is 369 g/mol. The number of carbonyl (C=O) groups is 2. The highest BCUT2D eigenvalue weighted by Crippen LogP contribution is 2.29. The van der Waals surface area contributed by atoms with Gasteiger partial charge >= 0.3 is 11.9 Å². The first-order valence-electron chi connectivity index (χ1n) is 8.89. The third-order valence-electron chi connectivity index (χ3n) is 4.97. The van der Waals surface area contributed by atoms with Gasteiger partial charge in [0, 0.05) is 19.1 Å². The van der Waals surface area contributed by atoms with E-state index in [0.717, 1.165) is 37.4 Å². The first-order valence-corrected chi connectivity index (χ1v) is 8.89. The molecule has 0 saturated carbocycles. The van der Waals surface area contributed by atoms with E-state index in [4.69, 9.17) is 9.47 Å². The molecular formula is C21H23NO5. The zero-order valence-corrected chi connectivity index (χ0v) is 15.5. The molecule has 1 aliphatic rings. The Morgan fingerprint density at radius 1 is 1.11 bits per heavy atom. The lowest BCUT2D eigenvalue weighted by Crippen LogP contribution is -2.37. The van der Waals surface area contributed by atoms with E-state index < -0.39 is 11.9 Å². The van der Waals surface area contributed by atoms with Crippen molar-refractivity contribution in [1.29, 1.82) is 0 Å². The topological polar surface area (TPSA) is 76.1 Å². The molecule has 0 spiro atoms. The predicted octanol–water partition coefficient (Wildman–Crippen LogP) is 3.23. The van der Waals surface area contributed by atoms with E-state index >= 15 is 0 Å². The first-order chi connectivity index (χ1) is 13.0. The molecule has 0 unspecified atom stereocenters. The number of rotatable bonds is 5. The maximum atomic E-state index is 12.1. The lowest BCUT2D eigenvalue weighted by molar-refractivity contribution is 0.0198. The molecule has 2 aromatic carbocycles. The fourth-order valence-corrected chi connectivity index (χ4v) is 3.32. The van der Waals surface area contributed by atoms with E-state index in [9.17, 15) is 14.7 Å². The molecule has 3 rings (SSSR count). The van der Waals surface area contributed by atoms with Crippen molar-refractivity contribution in [2.24, 2.45) is 0 Å². The van der Waals surface area contributed by atoms with Crippen LogP contribution in [0.25, 0.3) is 11.1 Å². The van der Waals surface area contributed by atoms with Crippen molar-refractivity contribution >= 4 is 11.9 Å². The molecule has 1 atom stereocenters.